The Labute approximate surface area is 83.7 Å². The molecule has 0 aromatic heterocycles. The highest BCUT2D eigenvalue weighted by atomic mass is 16.5. The van der Waals surface area contributed by atoms with Crippen molar-refractivity contribution < 1.29 is 9.53 Å². The Morgan fingerprint density at radius 2 is 2.00 bits per heavy atom. The molecular formula is C10H16N2O2. The van der Waals surface area contributed by atoms with Crippen molar-refractivity contribution in [3.05, 3.63) is 0 Å². The van der Waals surface area contributed by atoms with Crippen molar-refractivity contribution >= 4 is 11.8 Å². The zero-order valence-electron chi connectivity index (χ0n) is 8.29. The summed E-state index contributed by atoms with van der Waals surface area (Å²) in [5.41, 5.74) is 2.45. The van der Waals surface area contributed by atoms with Crippen LogP contribution in [0.4, 0.5) is 0 Å². The smallest absolute Gasteiger partial charge is 0.240 e. The molecule has 0 saturated heterocycles. The molecule has 1 amide bonds. The predicted octanol–water partition coefficient (Wildman–Crippen LogP) is 1.56. The SMILES string of the molecule is O=C1CCC(OC2CCCCC2)=NN1. The van der Waals surface area contributed by atoms with Crippen LogP contribution in [0.2, 0.25) is 0 Å². The van der Waals surface area contributed by atoms with Gasteiger partial charge < -0.3 is 4.74 Å². The van der Waals surface area contributed by atoms with Crippen LogP contribution >= 0.6 is 0 Å². The Hall–Kier alpha value is -1.06. The summed E-state index contributed by atoms with van der Waals surface area (Å²) in [6.07, 6.45) is 7.59. The molecule has 0 atom stereocenters. The summed E-state index contributed by atoms with van der Waals surface area (Å²) in [7, 11) is 0. The minimum Gasteiger partial charge on any atom is -0.476 e. The van der Waals surface area contributed by atoms with Crippen LogP contribution in [0, 0.1) is 0 Å². The van der Waals surface area contributed by atoms with E-state index >= 15 is 0 Å². The number of nitrogens with zero attached hydrogens (tertiary/aromatic N) is 1. The van der Waals surface area contributed by atoms with Crippen molar-refractivity contribution in [1.29, 1.82) is 0 Å². The van der Waals surface area contributed by atoms with Crippen LogP contribution in [0.1, 0.15) is 44.9 Å². The molecule has 0 unspecified atom stereocenters. The van der Waals surface area contributed by atoms with Gasteiger partial charge in [0.15, 0.2) is 0 Å². The van der Waals surface area contributed by atoms with E-state index in [0.29, 0.717) is 24.8 Å². The molecule has 0 aromatic carbocycles. The average Bonchev–Trinajstić information content (AvgIpc) is 2.23. The third-order valence-electron chi connectivity index (χ3n) is 2.73. The number of hydrogen-bond donors (Lipinski definition) is 1. The summed E-state index contributed by atoms with van der Waals surface area (Å²) in [5.74, 6) is 0.692. The highest BCUT2D eigenvalue weighted by Gasteiger charge is 2.19. The van der Waals surface area contributed by atoms with Crippen LogP contribution in [-0.4, -0.2) is 17.9 Å². The Morgan fingerprint density at radius 3 is 2.64 bits per heavy atom. The van der Waals surface area contributed by atoms with Crippen molar-refractivity contribution in [3.63, 3.8) is 0 Å². The molecule has 2 rings (SSSR count). The Bertz CT molecular complexity index is 245. The van der Waals surface area contributed by atoms with Crippen molar-refractivity contribution in [3.8, 4) is 0 Å². The molecule has 14 heavy (non-hydrogen) atoms. The topological polar surface area (TPSA) is 50.7 Å². The fraction of sp³-hybridized carbons (Fsp3) is 0.800. The van der Waals surface area contributed by atoms with E-state index in [1.54, 1.807) is 0 Å². The molecule has 1 N–H and O–H groups in total. The zero-order chi connectivity index (χ0) is 9.80. The van der Waals surface area contributed by atoms with E-state index < -0.39 is 0 Å². The molecule has 0 bridgehead atoms. The first-order valence-electron chi connectivity index (χ1n) is 5.36. The van der Waals surface area contributed by atoms with Crippen LogP contribution in [0.3, 0.4) is 0 Å². The summed E-state index contributed by atoms with van der Waals surface area (Å²) >= 11 is 0. The molecule has 1 fully saturated rings. The third kappa shape index (κ3) is 2.47. The Balaban J connectivity index is 1.81. The van der Waals surface area contributed by atoms with E-state index in [4.69, 9.17) is 4.74 Å². The number of ether oxygens (including phenoxy) is 1. The van der Waals surface area contributed by atoms with Crippen molar-refractivity contribution in [2.45, 2.75) is 51.0 Å². The van der Waals surface area contributed by atoms with Gasteiger partial charge in [0, 0.05) is 12.8 Å². The second-order valence-corrected chi connectivity index (χ2v) is 3.92. The molecule has 4 heteroatoms. The summed E-state index contributed by atoms with van der Waals surface area (Å²) in [5, 5.41) is 3.90. The van der Waals surface area contributed by atoms with E-state index in [1.165, 1.54) is 19.3 Å². The monoisotopic (exact) mass is 196 g/mol. The maximum atomic E-state index is 10.8. The van der Waals surface area contributed by atoms with E-state index in [0.717, 1.165) is 12.8 Å². The van der Waals surface area contributed by atoms with Gasteiger partial charge in [-0.05, 0) is 25.7 Å². The summed E-state index contributed by atoms with van der Waals surface area (Å²) in [6, 6.07) is 0. The fourth-order valence-corrected chi connectivity index (χ4v) is 1.92. The van der Waals surface area contributed by atoms with Crippen LogP contribution in [-0.2, 0) is 9.53 Å². The second kappa shape index (κ2) is 4.44. The van der Waals surface area contributed by atoms with Gasteiger partial charge in [-0.2, -0.15) is 0 Å². The fourth-order valence-electron chi connectivity index (χ4n) is 1.92. The Kier molecular flexibility index (Phi) is 3.01. The van der Waals surface area contributed by atoms with Gasteiger partial charge in [0.2, 0.25) is 11.8 Å². The van der Waals surface area contributed by atoms with Crippen LogP contribution in [0.5, 0.6) is 0 Å². The van der Waals surface area contributed by atoms with Crippen molar-refractivity contribution in [2.24, 2.45) is 5.10 Å². The lowest BCUT2D eigenvalue weighted by atomic mass is 9.98. The van der Waals surface area contributed by atoms with Gasteiger partial charge in [0.1, 0.15) is 6.10 Å². The van der Waals surface area contributed by atoms with Gasteiger partial charge in [-0.25, -0.2) is 5.43 Å². The van der Waals surface area contributed by atoms with E-state index in [-0.39, 0.29) is 5.91 Å². The first-order chi connectivity index (χ1) is 6.84. The highest BCUT2D eigenvalue weighted by molar-refractivity contribution is 5.88. The van der Waals surface area contributed by atoms with Crippen LogP contribution in [0.15, 0.2) is 5.10 Å². The minimum atomic E-state index is -0.0130. The number of carbonyl (C=O) groups excluding carboxylic acids is 1. The van der Waals surface area contributed by atoms with Gasteiger partial charge in [-0.1, -0.05) is 6.42 Å². The highest BCUT2D eigenvalue weighted by Crippen LogP contribution is 2.21. The molecule has 78 valence electrons. The number of hydrogen-bond acceptors (Lipinski definition) is 3. The standard InChI is InChI=1S/C10H16N2O2/c13-9-6-7-10(12-11-9)14-8-4-2-1-3-5-8/h8H,1-7H2,(H,11,13). The Morgan fingerprint density at radius 1 is 1.21 bits per heavy atom. The number of carbonyl (C=O) groups is 1. The van der Waals surface area contributed by atoms with Gasteiger partial charge in [-0.3, -0.25) is 4.79 Å². The lowest BCUT2D eigenvalue weighted by molar-refractivity contribution is -0.121. The number of amides is 1. The molecule has 1 aliphatic heterocycles. The number of rotatable bonds is 1. The minimum absolute atomic E-state index is 0.0130. The maximum Gasteiger partial charge on any atom is 0.240 e. The quantitative estimate of drug-likeness (QED) is 0.692. The molecule has 0 aromatic rings. The van der Waals surface area contributed by atoms with Gasteiger partial charge in [0.25, 0.3) is 0 Å². The van der Waals surface area contributed by atoms with Crippen LogP contribution < -0.4 is 5.43 Å². The summed E-state index contributed by atoms with van der Waals surface area (Å²) in [6.45, 7) is 0. The lowest BCUT2D eigenvalue weighted by Crippen LogP contribution is -2.30. The molecule has 2 aliphatic rings. The third-order valence-corrected chi connectivity index (χ3v) is 2.73. The molecule has 1 aliphatic carbocycles. The largest absolute Gasteiger partial charge is 0.476 e. The van der Waals surface area contributed by atoms with E-state index in [9.17, 15) is 4.79 Å². The van der Waals surface area contributed by atoms with E-state index in [2.05, 4.69) is 10.5 Å². The molecular weight excluding hydrogens is 180 g/mol. The average molecular weight is 196 g/mol. The maximum absolute atomic E-state index is 10.8. The van der Waals surface area contributed by atoms with Crippen molar-refractivity contribution in [2.75, 3.05) is 0 Å². The normalized spacial score (nSPS) is 24.0. The molecule has 4 nitrogen and oxygen atoms in total. The number of nitrogens with one attached hydrogen (secondary N) is 1. The summed E-state index contributed by atoms with van der Waals surface area (Å²) < 4.78 is 5.72. The summed E-state index contributed by atoms with van der Waals surface area (Å²) in [4.78, 5) is 10.8. The molecule has 0 radical (unpaired) electrons. The van der Waals surface area contributed by atoms with Gasteiger partial charge >= 0.3 is 0 Å². The van der Waals surface area contributed by atoms with Crippen molar-refractivity contribution in [1.82, 2.24) is 5.43 Å². The number of hydrazone groups is 1. The van der Waals surface area contributed by atoms with Gasteiger partial charge in [-0.15, -0.1) is 5.10 Å². The first-order valence-corrected chi connectivity index (χ1v) is 5.36. The first kappa shape index (κ1) is 9.49. The van der Waals surface area contributed by atoms with E-state index in [1.807, 2.05) is 0 Å². The van der Waals surface area contributed by atoms with Gasteiger partial charge in [0.05, 0.1) is 0 Å². The van der Waals surface area contributed by atoms with Crippen LogP contribution in [0.25, 0.3) is 0 Å². The molecule has 1 heterocycles. The predicted molar refractivity (Wildman–Crippen MR) is 52.8 cm³/mol. The second-order valence-electron chi connectivity index (χ2n) is 3.92. The molecule has 1 saturated carbocycles. The molecule has 0 spiro atoms. The lowest BCUT2D eigenvalue weighted by Gasteiger charge is -2.24. The zero-order valence-corrected chi connectivity index (χ0v) is 8.29.